The predicted octanol–water partition coefficient (Wildman–Crippen LogP) is 4.97. The maximum atomic E-state index is 15.4. The number of rotatable bonds is 7. The van der Waals surface area contributed by atoms with Crippen molar-refractivity contribution in [1.29, 1.82) is 0 Å². The largest absolute Gasteiger partial charge is 0.383 e. The lowest BCUT2D eigenvalue weighted by molar-refractivity contribution is 0.484. The van der Waals surface area contributed by atoms with Crippen LogP contribution in [0.2, 0.25) is 0 Å². The van der Waals surface area contributed by atoms with E-state index in [9.17, 15) is 12.8 Å². The summed E-state index contributed by atoms with van der Waals surface area (Å²) in [7, 11) is -3.89. The fraction of sp³-hybridized carbons (Fsp3) is 0.160. The van der Waals surface area contributed by atoms with Crippen LogP contribution in [0.5, 0.6) is 0 Å². The number of benzene rings is 3. The first-order valence-corrected chi connectivity index (χ1v) is 12.8. The molecule has 0 aliphatic rings. The lowest BCUT2D eigenvalue weighted by Crippen LogP contribution is -2.18. The second-order valence-electron chi connectivity index (χ2n) is 8.39. The van der Waals surface area contributed by atoms with Crippen LogP contribution in [0.3, 0.4) is 0 Å². The molecule has 0 saturated heterocycles. The van der Waals surface area contributed by atoms with Gasteiger partial charge in [0.25, 0.3) is 0 Å². The SMILES string of the molecule is Cc1cc(-c2cccc(NS(=O)(=O)CCCF)c2F)cc2c(N)nc(-c3cccc4[nH]ncc34)nc12. The van der Waals surface area contributed by atoms with Crippen LogP contribution in [-0.4, -0.2) is 41.0 Å². The van der Waals surface area contributed by atoms with Crippen molar-refractivity contribution < 1.29 is 17.2 Å². The summed E-state index contributed by atoms with van der Waals surface area (Å²) in [6, 6.07) is 13.5. The summed E-state index contributed by atoms with van der Waals surface area (Å²) in [6.07, 6.45) is 1.53. The van der Waals surface area contributed by atoms with Crippen LogP contribution >= 0.6 is 0 Å². The van der Waals surface area contributed by atoms with Gasteiger partial charge in [-0.3, -0.25) is 14.2 Å². The lowest BCUT2D eigenvalue weighted by atomic mass is 9.99. The number of aromatic nitrogens is 4. The van der Waals surface area contributed by atoms with E-state index in [4.69, 9.17) is 10.7 Å². The van der Waals surface area contributed by atoms with E-state index in [2.05, 4.69) is 19.9 Å². The van der Waals surface area contributed by atoms with Crippen molar-refractivity contribution in [3.63, 3.8) is 0 Å². The van der Waals surface area contributed by atoms with Gasteiger partial charge in [-0.1, -0.05) is 24.3 Å². The molecule has 2 heterocycles. The number of hydrogen-bond acceptors (Lipinski definition) is 6. The minimum Gasteiger partial charge on any atom is -0.383 e. The van der Waals surface area contributed by atoms with Gasteiger partial charge in [-0.05, 0) is 48.7 Å². The number of nitrogens with one attached hydrogen (secondary N) is 2. The Morgan fingerprint density at radius 3 is 2.64 bits per heavy atom. The number of aromatic amines is 1. The summed E-state index contributed by atoms with van der Waals surface area (Å²) < 4.78 is 54.3. The zero-order valence-electron chi connectivity index (χ0n) is 19.2. The molecule has 0 spiro atoms. The second kappa shape index (κ2) is 9.15. The standard InChI is InChI=1S/C25H22F2N6O2S/c1-14-11-15(16-5-2-8-21(22(16)27)33-36(34,35)10-4-9-26)12-18-23(14)30-25(31-24(18)28)17-6-3-7-20-19(17)13-29-32-20/h2-3,5-8,11-13,33H,4,9-10H2,1H3,(H,29,32)(H2,28,30,31). The molecule has 0 unspecified atom stereocenters. The average Bonchev–Trinajstić information content (AvgIpc) is 3.33. The number of sulfonamides is 1. The molecule has 0 saturated carbocycles. The third kappa shape index (κ3) is 4.33. The highest BCUT2D eigenvalue weighted by Gasteiger charge is 2.18. The highest BCUT2D eigenvalue weighted by Crippen LogP contribution is 2.35. The molecule has 3 aromatic carbocycles. The van der Waals surface area contributed by atoms with Crippen molar-refractivity contribution in [2.45, 2.75) is 13.3 Å². The molecule has 0 bridgehead atoms. The van der Waals surface area contributed by atoms with Crippen LogP contribution in [0.1, 0.15) is 12.0 Å². The zero-order chi connectivity index (χ0) is 25.4. The molecule has 4 N–H and O–H groups in total. The molecule has 0 radical (unpaired) electrons. The summed E-state index contributed by atoms with van der Waals surface area (Å²) in [5, 5.41) is 8.40. The number of fused-ring (bicyclic) bond motifs is 2. The van der Waals surface area contributed by atoms with Gasteiger partial charge < -0.3 is 5.73 Å². The van der Waals surface area contributed by atoms with E-state index < -0.39 is 28.3 Å². The van der Waals surface area contributed by atoms with Gasteiger partial charge in [0.2, 0.25) is 10.0 Å². The summed E-state index contributed by atoms with van der Waals surface area (Å²) in [6.45, 7) is 1.06. The monoisotopic (exact) mass is 508 g/mol. The van der Waals surface area contributed by atoms with E-state index in [0.29, 0.717) is 22.3 Å². The van der Waals surface area contributed by atoms with Crippen LogP contribution in [-0.2, 0) is 10.0 Å². The van der Waals surface area contributed by atoms with E-state index in [-0.39, 0.29) is 23.5 Å². The molecule has 2 aromatic heterocycles. The fourth-order valence-electron chi connectivity index (χ4n) is 4.16. The number of hydrogen-bond donors (Lipinski definition) is 3. The van der Waals surface area contributed by atoms with Gasteiger partial charge >= 0.3 is 0 Å². The second-order valence-corrected chi connectivity index (χ2v) is 10.2. The van der Waals surface area contributed by atoms with E-state index in [1.807, 2.05) is 25.1 Å². The van der Waals surface area contributed by atoms with Crippen molar-refractivity contribution in [2.75, 3.05) is 22.9 Å². The van der Waals surface area contributed by atoms with Gasteiger partial charge in [0, 0.05) is 21.9 Å². The van der Waals surface area contributed by atoms with Gasteiger partial charge in [-0.15, -0.1) is 0 Å². The average molecular weight is 509 g/mol. The molecule has 5 rings (SSSR count). The molecule has 11 heteroatoms. The van der Waals surface area contributed by atoms with E-state index in [0.717, 1.165) is 22.0 Å². The van der Waals surface area contributed by atoms with Crippen molar-refractivity contribution in [2.24, 2.45) is 0 Å². The van der Waals surface area contributed by atoms with Crippen LogP contribution in [0.4, 0.5) is 20.3 Å². The van der Waals surface area contributed by atoms with Gasteiger partial charge in [0.1, 0.15) is 5.82 Å². The lowest BCUT2D eigenvalue weighted by Gasteiger charge is -2.14. The number of nitrogens with two attached hydrogens (primary N) is 1. The Morgan fingerprint density at radius 1 is 1.06 bits per heavy atom. The van der Waals surface area contributed by atoms with Gasteiger partial charge in [0.05, 0.1) is 35.3 Å². The first-order chi connectivity index (χ1) is 17.3. The number of anilines is 2. The Labute approximate surface area is 205 Å². The smallest absolute Gasteiger partial charge is 0.232 e. The molecule has 0 fully saturated rings. The van der Waals surface area contributed by atoms with Crippen molar-refractivity contribution in [1.82, 2.24) is 20.2 Å². The number of aryl methyl sites for hydroxylation is 1. The third-order valence-corrected chi connectivity index (χ3v) is 7.23. The highest BCUT2D eigenvalue weighted by atomic mass is 32.2. The first-order valence-electron chi connectivity index (χ1n) is 11.1. The number of halogens is 2. The van der Waals surface area contributed by atoms with E-state index in [1.165, 1.54) is 6.07 Å². The fourth-order valence-corrected chi connectivity index (χ4v) is 5.25. The number of H-pyrrole nitrogens is 1. The molecule has 8 nitrogen and oxygen atoms in total. The topological polar surface area (TPSA) is 127 Å². The van der Waals surface area contributed by atoms with Gasteiger partial charge in [-0.2, -0.15) is 5.10 Å². The van der Waals surface area contributed by atoms with Crippen LogP contribution < -0.4 is 10.5 Å². The first kappa shape index (κ1) is 23.6. The number of nitrogen functional groups attached to an aromatic ring is 1. The quantitative estimate of drug-likeness (QED) is 0.285. The number of alkyl halides is 1. The Morgan fingerprint density at radius 2 is 1.83 bits per heavy atom. The summed E-state index contributed by atoms with van der Waals surface area (Å²) >= 11 is 0. The third-order valence-electron chi connectivity index (χ3n) is 5.87. The minimum atomic E-state index is -3.89. The van der Waals surface area contributed by atoms with Gasteiger partial charge in [-0.25, -0.2) is 22.8 Å². The minimum absolute atomic E-state index is 0.170. The van der Waals surface area contributed by atoms with Crippen LogP contribution in [0, 0.1) is 12.7 Å². The maximum absolute atomic E-state index is 15.4. The van der Waals surface area contributed by atoms with Crippen LogP contribution in [0.15, 0.2) is 54.7 Å². The Balaban J connectivity index is 1.58. The molecule has 0 aliphatic heterocycles. The van der Waals surface area contributed by atoms with Gasteiger partial charge in [0.15, 0.2) is 11.6 Å². The normalized spacial score (nSPS) is 11.9. The Hall–Kier alpha value is -4.12. The molecule has 0 aliphatic carbocycles. The molecule has 0 amide bonds. The van der Waals surface area contributed by atoms with Crippen molar-refractivity contribution in [3.8, 4) is 22.5 Å². The molecule has 184 valence electrons. The van der Waals surface area contributed by atoms with E-state index >= 15 is 4.39 Å². The molecule has 5 aromatic rings. The molecule has 36 heavy (non-hydrogen) atoms. The van der Waals surface area contributed by atoms with E-state index in [1.54, 1.807) is 30.5 Å². The molecular formula is C25H22F2N6O2S. The summed E-state index contributed by atoms with van der Waals surface area (Å²) in [4.78, 5) is 9.24. The maximum Gasteiger partial charge on any atom is 0.232 e. The molecular weight excluding hydrogens is 486 g/mol. The summed E-state index contributed by atoms with van der Waals surface area (Å²) in [5.74, 6) is -0.518. The predicted molar refractivity (Wildman–Crippen MR) is 137 cm³/mol. The zero-order valence-corrected chi connectivity index (χ0v) is 20.0. The van der Waals surface area contributed by atoms with Crippen molar-refractivity contribution >= 4 is 43.3 Å². The number of nitrogens with zero attached hydrogens (tertiary/aromatic N) is 3. The van der Waals surface area contributed by atoms with Crippen molar-refractivity contribution in [3.05, 3.63) is 66.1 Å². The Bertz CT molecular complexity index is 1720. The highest BCUT2D eigenvalue weighted by molar-refractivity contribution is 7.92. The molecule has 0 atom stereocenters. The Kier molecular flexibility index (Phi) is 6.00. The van der Waals surface area contributed by atoms with Crippen LogP contribution in [0.25, 0.3) is 44.3 Å². The summed E-state index contributed by atoms with van der Waals surface area (Å²) in [5.41, 5.74) is 9.77.